The molecule has 0 atom stereocenters. The molecule has 0 amide bonds. The van der Waals surface area contributed by atoms with E-state index >= 15 is 0 Å². The van der Waals surface area contributed by atoms with Crippen LogP contribution >= 0.6 is 0 Å². The number of hydrogen-bond acceptors (Lipinski definition) is 4. The van der Waals surface area contributed by atoms with Crippen molar-refractivity contribution in [3.8, 4) is 0 Å². The first kappa shape index (κ1) is 15.2. The third-order valence-corrected chi connectivity index (χ3v) is 6.38. The summed E-state index contributed by atoms with van der Waals surface area (Å²) < 4.78 is 23.9. The lowest BCUT2D eigenvalue weighted by atomic mass is 10.0. The zero-order chi connectivity index (χ0) is 15.0. The summed E-state index contributed by atoms with van der Waals surface area (Å²) in [7, 11) is -3.41. The number of Topliss-reactive ketones (excluding diaryl/α,β-unsaturated/α-hetero) is 1. The molecule has 20 heavy (non-hydrogen) atoms. The zero-order valence-corrected chi connectivity index (χ0v) is 13.1. The Bertz CT molecular complexity index is 596. The second-order valence-electron chi connectivity index (χ2n) is 6.11. The Morgan fingerprint density at radius 3 is 2.55 bits per heavy atom. The first-order chi connectivity index (χ1) is 9.22. The molecule has 0 saturated heterocycles. The molecule has 0 N–H and O–H groups in total. The summed E-state index contributed by atoms with van der Waals surface area (Å²) >= 11 is 0. The molecule has 6 heteroatoms. The van der Waals surface area contributed by atoms with Crippen LogP contribution in [0.4, 0.5) is 0 Å². The van der Waals surface area contributed by atoms with Crippen LogP contribution in [0, 0.1) is 0 Å². The lowest BCUT2D eigenvalue weighted by Gasteiger charge is -2.20. The van der Waals surface area contributed by atoms with Gasteiger partial charge in [-0.25, -0.2) is 8.42 Å². The number of rotatable bonds is 5. The molecular weight excluding hydrogens is 276 g/mol. The van der Waals surface area contributed by atoms with Gasteiger partial charge in [0.05, 0.1) is 18.2 Å². The minimum Gasteiger partial charge on any atom is -0.298 e. The predicted octanol–water partition coefficient (Wildman–Crippen LogP) is 1.93. The van der Waals surface area contributed by atoms with E-state index in [4.69, 9.17) is 0 Å². The second-order valence-corrected chi connectivity index (χ2v) is 8.67. The van der Waals surface area contributed by atoms with E-state index in [1.165, 1.54) is 26.7 Å². The van der Waals surface area contributed by atoms with Crippen molar-refractivity contribution >= 4 is 15.6 Å². The largest absolute Gasteiger partial charge is 0.298 e. The van der Waals surface area contributed by atoms with Gasteiger partial charge >= 0.3 is 0 Å². The molecule has 1 aliphatic carbocycles. The SMILES string of the molecule is CC(C)(C(=O)Cc1ccn(C2CCCC2)n1)S(C)(=O)=O. The maximum Gasteiger partial charge on any atom is 0.159 e. The average molecular weight is 298 g/mol. The highest BCUT2D eigenvalue weighted by Gasteiger charge is 2.38. The van der Waals surface area contributed by atoms with E-state index in [-0.39, 0.29) is 12.2 Å². The number of sulfone groups is 1. The fourth-order valence-corrected chi connectivity index (χ4v) is 2.91. The monoisotopic (exact) mass is 298 g/mol. The van der Waals surface area contributed by atoms with E-state index in [0.717, 1.165) is 19.1 Å². The van der Waals surface area contributed by atoms with Gasteiger partial charge in [0.15, 0.2) is 15.6 Å². The van der Waals surface area contributed by atoms with Crippen molar-refractivity contribution in [1.29, 1.82) is 0 Å². The van der Waals surface area contributed by atoms with Crippen LogP contribution in [0.2, 0.25) is 0 Å². The summed E-state index contributed by atoms with van der Waals surface area (Å²) in [6.45, 7) is 2.91. The molecule has 1 saturated carbocycles. The fourth-order valence-electron chi connectivity index (χ4n) is 2.43. The van der Waals surface area contributed by atoms with Gasteiger partial charge in [0.1, 0.15) is 4.75 Å². The Balaban J connectivity index is 2.09. The summed E-state index contributed by atoms with van der Waals surface area (Å²) in [5.41, 5.74) is 0.652. The molecule has 112 valence electrons. The Labute approximate surface area is 120 Å². The Morgan fingerprint density at radius 1 is 1.40 bits per heavy atom. The third-order valence-electron chi connectivity index (χ3n) is 4.30. The fraction of sp³-hybridized carbons (Fsp3) is 0.714. The van der Waals surface area contributed by atoms with Crippen molar-refractivity contribution in [2.75, 3.05) is 6.26 Å². The van der Waals surface area contributed by atoms with Gasteiger partial charge in [-0.1, -0.05) is 12.8 Å². The lowest BCUT2D eigenvalue weighted by Crippen LogP contribution is -2.41. The molecule has 0 radical (unpaired) electrons. The third kappa shape index (κ3) is 2.95. The quantitative estimate of drug-likeness (QED) is 0.833. The van der Waals surface area contributed by atoms with Crippen LogP contribution < -0.4 is 0 Å². The normalized spacial score (nSPS) is 17.6. The molecule has 0 bridgehead atoms. The Morgan fingerprint density at radius 2 is 2.00 bits per heavy atom. The zero-order valence-electron chi connectivity index (χ0n) is 12.3. The summed E-state index contributed by atoms with van der Waals surface area (Å²) in [5.74, 6) is -0.309. The summed E-state index contributed by atoms with van der Waals surface area (Å²) in [6, 6.07) is 2.25. The summed E-state index contributed by atoms with van der Waals surface area (Å²) in [5, 5.41) is 4.43. The van der Waals surface area contributed by atoms with Gasteiger partial charge in [-0.05, 0) is 32.8 Å². The molecule has 0 aromatic carbocycles. The molecular formula is C14H22N2O3S. The van der Waals surface area contributed by atoms with Crippen molar-refractivity contribution in [1.82, 2.24) is 9.78 Å². The minimum absolute atomic E-state index is 0.0692. The lowest BCUT2D eigenvalue weighted by molar-refractivity contribution is -0.120. The van der Waals surface area contributed by atoms with Gasteiger partial charge in [-0.15, -0.1) is 0 Å². The molecule has 1 aliphatic rings. The molecule has 0 unspecified atom stereocenters. The highest BCUT2D eigenvalue weighted by Crippen LogP contribution is 2.29. The van der Waals surface area contributed by atoms with Gasteiger partial charge in [-0.3, -0.25) is 9.48 Å². The number of carbonyl (C=O) groups excluding carboxylic acids is 1. The van der Waals surface area contributed by atoms with Gasteiger partial charge in [-0.2, -0.15) is 5.10 Å². The van der Waals surface area contributed by atoms with Crippen LogP contribution in [0.1, 0.15) is 51.3 Å². The predicted molar refractivity (Wildman–Crippen MR) is 77.4 cm³/mol. The molecule has 5 nitrogen and oxygen atoms in total. The van der Waals surface area contributed by atoms with Crippen LogP contribution in [0.5, 0.6) is 0 Å². The van der Waals surface area contributed by atoms with Gasteiger partial charge in [0, 0.05) is 12.5 Å². The minimum atomic E-state index is -3.41. The van der Waals surface area contributed by atoms with Gasteiger partial charge < -0.3 is 0 Å². The summed E-state index contributed by atoms with van der Waals surface area (Å²) in [6.07, 6.45) is 7.77. The number of hydrogen-bond donors (Lipinski definition) is 0. The van der Waals surface area contributed by atoms with Crippen LogP contribution in [0.3, 0.4) is 0 Å². The number of carbonyl (C=O) groups is 1. The first-order valence-corrected chi connectivity index (χ1v) is 8.88. The molecule has 0 spiro atoms. The van der Waals surface area contributed by atoms with E-state index in [9.17, 15) is 13.2 Å². The smallest absolute Gasteiger partial charge is 0.159 e. The molecule has 1 fully saturated rings. The second kappa shape index (κ2) is 5.31. The van der Waals surface area contributed by atoms with Crippen LogP contribution in [0.25, 0.3) is 0 Å². The van der Waals surface area contributed by atoms with Crippen LogP contribution in [-0.2, 0) is 21.1 Å². The van der Waals surface area contributed by atoms with Gasteiger partial charge in [0.2, 0.25) is 0 Å². The Hall–Kier alpha value is -1.17. The number of nitrogens with zero attached hydrogens (tertiary/aromatic N) is 2. The highest BCUT2D eigenvalue weighted by atomic mass is 32.2. The van der Waals surface area contributed by atoms with E-state index < -0.39 is 14.6 Å². The number of ketones is 1. The van der Waals surface area contributed by atoms with E-state index in [1.54, 1.807) is 0 Å². The van der Waals surface area contributed by atoms with Crippen molar-refractivity contribution in [3.63, 3.8) is 0 Å². The number of aromatic nitrogens is 2. The maximum atomic E-state index is 12.2. The van der Waals surface area contributed by atoms with Crippen LogP contribution in [-0.4, -0.2) is 35.0 Å². The van der Waals surface area contributed by atoms with Crippen molar-refractivity contribution in [2.24, 2.45) is 0 Å². The molecule has 1 aromatic heterocycles. The van der Waals surface area contributed by atoms with Gasteiger partial charge in [0.25, 0.3) is 0 Å². The molecule has 1 heterocycles. The van der Waals surface area contributed by atoms with E-state index in [1.807, 2.05) is 16.9 Å². The first-order valence-electron chi connectivity index (χ1n) is 6.99. The maximum absolute atomic E-state index is 12.2. The average Bonchev–Trinajstić information content (AvgIpc) is 2.96. The van der Waals surface area contributed by atoms with Crippen LogP contribution in [0.15, 0.2) is 12.3 Å². The standard InChI is InChI=1S/C14H22N2O3S/c1-14(2,20(3,18)19)13(17)10-11-8-9-16(15-11)12-6-4-5-7-12/h8-9,12H,4-7,10H2,1-3H3. The van der Waals surface area contributed by atoms with Crippen molar-refractivity contribution in [2.45, 2.75) is 56.7 Å². The molecule has 0 aliphatic heterocycles. The Kier molecular flexibility index (Phi) is 4.04. The van der Waals surface area contributed by atoms with Crippen molar-refractivity contribution in [3.05, 3.63) is 18.0 Å². The topological polar surface area (TPSA) is 69.0 Å². The molecule has 1 aromatic rings. The van der Waals surface area contributed by atoms with E-state index in [0.29, 0.717) is 11.7 Å². The highest BCUT2D eigenvalue weighted by molar-refractivity contribution is 7.92. The summed E-state index contributed by atoms with van der Waals surface area (Å²) in [4.78, 5) is 12.2. The van der Waals surface area contributed by atoms with Crippen molar-refractivity contribution < 1.29 is 13.2 Å². The molecule has 2 rings (SSSR count). The van der Waals surface area contributed by atoms with E-state index in [2.05, 4.69) is 5.10 Å².